The van der Waals surface area contributed by atoms with Gasteiger partial charge in [0.05, 0.1) is 11.4 Å². The van der Waals surface area contributed by atoms with E-state index in [1.807, 2.05) is 84.9 Å². The highest BCUT2D eigenvalue weighted by Crippen LogP contribution is 2.21. The van der Waals surface area contributed by atoms with E-state index in [1.54, 1.807) is 26.2 Å². The van der Waals surface area contributed by atoms with Gasteiger partial charge in [-0.2, -0.15) is 0 Å². The van der Waals surface area contributed by atoms with E-state index in [9.17, 15) is 0 Å². The Hall–Kier alpha value is -4.02. The van der Waals surface area contributed by atoms with E-state index in [2.05, 4.69) is 62.2 Å². The lowest BCUT2D eigenvalue weighted by Crippen LogP contribution is -1.83. The van der Waals surface area contributed by atoms with Gasteiger partial charge in [0.2, 0.25) is 23.6 Å². The molecule has 0 saturated carbocycles. The molecule has 0 unspecified atom stereocenters. The van der Waals surface area contributed by atoms with Gasteiger partial charge in [0.15, 0.2) is 0 Å². The number of rotatable bonds is 3. The fourth-order valence-corrected chi connectivity index (χ4v) is 3.57. The molecule has 0 aliphatic carbocycles. The number of pyridine rings is 2. The van der Waals surface area contributed by atoms with E-state index < -0.39 is 0 Å². The predicted octanol–water partition coefficient (Wildman–Crippen LogP) is 7.76. The van der Waals surface area contributed by atoms with Crippen molar-refractivity contribution in [1.29, 1.82) is 0 Å². The summed E-state index contributed by atoms with van der Waals surface area (Å²) in [5.41, 5.74) is 3.70. The molecule has 0 N–H and O–H groups in total. The highest BCUT2D eigenvalue weighted by molar-refractivity contribution is 9.10. The number of hydrogen-bond acceptors (Lipinski definition) is 8. The fraction of sp³-hybridized carbons (Fsp3) is 0.0714. The van der Waals surface area contributed by atoms with Crippen molar-refractivity contribution in [3.05, 3.63) is 118 Å². The second kappa shape index (κ2) is 13.5. The summed E-state index contributed by atoms with van der Waals surface area (Å²) in [5, 5.41) is 15.3. The van der Waals surface area contributed by atoms with Crippen LogP contribution in [0.5, 0.6) is 0 Å². The van der Waals surface area contributed by atoms with Gasteiger partial charge in [-0.3, -0.25) is 9.97 Å². The van der Waals surface area contributed by atoms with E-state index in [-0.39, 0.29) is 0 Å². The highest BCUT2D eigenvalue weighted by Gasteiger charge is 2.05. The van der Waals surface area contributed by atoms with Crippen molar-refractivity contribution in [2.75, 3.05) is 0 Å². The summed E-state index contributed by atoms with van der Waals surface area (Å²) in [6.07, 6.45) is 3.54. The average Bonchev–Trinajstić information content (AvgIpc) is 3.59. The monoisotopic (exact) mass is 632 g/mol. The fourth-order valence-electron chi connectivity index (χ4n) is 3.04. The largest absolute Gasteiger partial charge is 0.421 e. The lowest BCUT2D eigenvalue weighted by molar-refractivity contribution is 0.532. The predicted molar refractivity (Wildman–Crippen MR) is 152 cm³/mol. The minimum Gasteiger partial charge on any atom is -0.421 e. The Morgan fingerprint density at radius 2 is 0.895 bits per heavy atom. The number of aromatic nitrogens is 6. The van der Waals surface area contributed by atoms with Crippen LogP contribution in [0.3, 0.4) is 0 Å². The molecule has 6 rings (SSSR count). The Morgan fingerprint density at radius 1 is 0.500 bits per heavy atom. The lowest BCUT2D eigenvalue weighted by Gasteiger charge is -1.96. The molecule has 0 spiro atoms. The SMILES string of the molecule is Cc1nnc(-c2ccc(Br)cc2)o1.Cc1nnc(-c2ccc(Br)cc2)o1.c1ccc(-c2ccccn2)nc1. The van der Waals surface area contributed by atoms with Crippen molar-refractivity contribution in [3.8, 4) is 34.3 Å². The third kappa shape index (κ3) is 7.99. The minimum absolute atomic E-state index is 0.560. The molecule has 0 saturated heterocycles. The van der Waals surface area contributed by atoms with Gasteiger partial charge in [0, 0.05) is 46.3 Å². The van der Waals surface area contributed by atoms with Crippen LogP contribution in [-0.4, -0.2) is 30.4 Å². The van der Waals surface area contributed by atoms with Crippen molar-refractivity contribution in [2.45, 2.75) is 13.8 Å². The van der Waals surface area contributed by atoms with Crippen molar-refractivity contribution in [3.63, 3.8) is 0 Å². The molecule has 38 heavy (non-hydrogen) atoms. The molecule has 0 atom stereocenters. The van der Waals surface area contributed by atoms with Gasteiger partial charge in [-0.15, -0.1) is 20.4 Å². The average molecular weight is 634 g/mol. The zero-order valence-corrected chi connectivity index (χ0v) is 23.7. The van der Waals surface area contributed by atoms with Gasteiger partial charge in [0.1, 0.15) is 0 Å². The first-order valence-corrected chi connectivity index (χ1v) is 13.0. The van der Waals surface area contributed by atoms with Crippen LogP contribution >= 0.6 is 31.9 Å². The zero-order valence-electron chi connectivity index (χ0n) is 20.5. The molecule has 4 heterocycles. The molecule has 4 aromatic heterocycles. The Balaban J connectivity index is 0.000000133. The molecule has 2 aromatic carbocycles. The maximum atomic E-state index is 5.27. The van der Waals surface area contributed by atoms with Crippen LogP contribution in [0, 0.1) is 13.8 Å². The van der Waals surface area contributed by atoms with E-state index >= 15 is 0 Å². The molecule has 0 radical (unpaired) electrons. The van der Waals surface area contributed by atoms with E-state index in [1.165, 1.54) is 0 Å². The van der Waals surface area contributed by atoms with Crippen molar-refractivity contribution < 1.29 is 8.83 Å². The third-order valence-electron chi connectivity index (χ3n) is 4.83. The topological polar surface area (TPSA) is 104 Å². The quantitative estimate of drug-likeness (QED) is 0.195. The molecule has 0 aliphatic heterocycles. The van der Waals surface area contributed by atoms with Crippen molar-refractivity contribution in [2.24, 2.45) is 0 Å². The lowest BCUT2D eigenvalue weighted by atomic mass is 10.2. The molecule has 10 heteroatoms. The van der Waals surface area contributed by atoms with Crippen LogP contribution in [0.1, 0.15) is 11.8 Å². The summed E-state index contributed by atoms with van der Waals surface area (Å²) < 4.78 is 12.6. The van der Waals surface area contributed by atoms with E-state index in [4.69, 9.17) is 8.83 Å². The molecule has 0 aliphatic rings. The second-order valence-corrected chi connectivity index (χ2v) is 9.53. The number of benzene rings is 2. The highest BCUT2D eigenvalue weighted by atomic mass is 79.9. The van der Waals surface area contributed by atoms with Crippen molar-refractivity contribution in [1.82, 2.24) is 30.4 Å². The van der Waals surface area contributed by atoms with Crippen molar-refractivity contribution >= 4 is 31.9 Å². The van der Waals surface area contributed by atoms with Crippen LogP contribution in [0.2, 0.25) is 0 Å². The smallest absolute Gasteiger partial charge is 0.247 e. The zero-order chi connectivity index (χ0) is 26.7. The summed E-state index contributed by atoms with van der Waals surface area (Å²) in [4.78, 5) is 8.37. The van der Waals surface area contributed by atoms with Gasteiger partial charge in [-0.1, -0.05) is 44.0 Å². The second-order valence-electron chi connectivity index (χ2n) is 7.70. The number of halogens is 2. The van der Waals surface area contributed by atoms with E-state index in [0.29, 0.717) is 23.6 Å². The van der Waals surface area contributed by atoms with Crippen LogP contribution in [0.25, 0.3) is 34.3 Å². The summed E-state index contributed by atoms with van der Waals surface area (Å²) in [6.45, 7) is 3.55. The van der Waals surface area contributed by atoms with Gasteiger partial charge >= 0.3 is 0 Å². The third-order valence-corrected chi connectivity index (χ3v) is 5.88. The first-order valence-electron chi connectivity index (χ1n) is 11.4. The molecule has 6 aromatic rings. The molecule has 0 amide bonds. The Kier molecular flexibility index (Phi) is 9.60. The van der Waals surface area contributed by atoms with Gasteiger partial charge in [0.25, 0.3) is 0 Å². The first-order chi connectivity index (χ1) is 18.5. The summed E-state index contributed by atoms with van der Waals surface area (Å²) in [7, 11) is 0. The first kappa shape index (κ1) is 27.0. The normalized spacial score (nSPS) is 10.1. The Labute approximate surface area is 236 Å². The Bertz CT molecular complexity index is 1420. The minimum atomic E-state index is 0.560. The molecular weight excluding hydrogens is 612 g/mol. The van der Waals surface area contributed by atoms with Crippen LogP contribution < -0.4 is 0 Å². The number of nitrogens with zero attached hydrogens (tertiary/aromatic N) is 6. The van der Waals surface area contributed by atoms with Gasteiger partial charge in [-0.25, -0.2) is 0 Å². The molecule has 190 valence electrons. The van der Waals surface area contributed by atoms with Gasteiger partial charge in [-0.05, 0) is 72.8 Å². The van der Waals surface area contributed by atoms with Gasteiger partial charge < -0.3 is 8.83 Å². The molecular formula is C28H22Br2N6O2. The summed E-state index contributed by atoms with van der Waals surface area (Å²) in [5.74, 6) is 2.28. The molecule has 0 fully saturated rings. The maximum absolute atomic E-state index is 5.27. The summed E-state index contributed by atoms with van der Waals surface area (Å²) in [6, 6.07) is 27.1. The number of aryl methyl sites for hydroxylation is 2. The standard InChI is InChI=1S/C10H8N2.2C9H7BrN2O/c1-3-7-11-9(5-1)10-6-2-4-8-12-10;2*1-6-11-12-9(13-6)7-2-4-8(10)5-3-7/h1-8H;2*2-5H,1H3. The molecule has 0 bridgehead atoms. The van der Waals surface area contributed by atoms with E-state index in [0.717, 1.165) is 31.5 Å². The number of hydrogen-bond donors (Lipinski definition) is 0. The maximum Gasteiger partial charge on any atom is 0.247 e. The van der Waals surface area contributed by atoms with Crippen LogP contribution in [0.4, 0.5) is 0 Å². The Morgan fingerprint density at radius 3 is 1.18 bits per heavy atom. The van der Waals surface area contributed by atoms with Crippen LogP contribution in [0.15, 0.2) is 115 Å². The summed E-state index contributed by atoms with van der Waals surface area (Å²) >= 11 is 6.71. The van der Waals surface area contributed by atoms with Crippen LogP contribution in [-0.2, 0) is 0 Å². The molecule has 8 nitrogen and oxygen atoms in total.